The van der Waals surface area contributed by atoms with E-state index < -0.39 is 11.8 Å². The lowest BCUT2D eigenvalue weighted by Gasteiger charge is -2.14. The Hall–Kier alpha value is -3.22. The first-order chi connectivity index (χ1) is 13.0. The molecule has 0 aromatic heterocycles. The molecule has 0 saturated heterocycles. The van der Waals surface area contributed by atoms with E-state index >= 15 is 0 Å². The highest BCUT2D eigenvalue weighted by Crippen LogP contribution is 2.27. The smallest absolute Gasteiger partial charge is 0.273 e. The minimum absolute atomic E-state index is 0.317. The van der Waals surface area contributed by atoms with Crippen molar-refractivity contribution in [2.45, 2.75) is 13.8 Å². The average molecular weight is 372 g/mol. The summed E-state index contributed by atoms with van der Waals surface area (Å²) in [6.07, 6.45) is 0. The molecule has 144 valence electrons. The number of methoxy groups -OCH3 is 2. The van der Waals surface area contributed by atoms with Gasteiger partial charge in [-0.25, -0.2) is 0 Å². The number of hydrazine groups is 1. The van der Waals surface area contributed by atoms with Gasteiger partial charge in [0.1, 0.15) is 5.75 Å². The van der Waals surface area contributed by atoms with Crippen LogP contribution in [0.4, 0.5) is 0 Å². The fourth-order valence-electron chi connectivity index (χ4n) is 2.27. The highest BCUT2D eigenvalue weighted by Gasteiger charge is 2.15. The standard InChI is InChI=1S/C20H24N2O5/c1-13(2)12-27-16-8-6-5-7-15(16)20(24)22-21-19(23)14-9-10-17(25-3)18(11-14)26-4/h5-11,13H,12H2,1-4H3,(H,21,23)(H,22,24). The number of rotatable bonds is 7. The van der Waals surface area contributed by atoms with Crippen molar-refractivity contribution in [1.82, 2.24) is 10.9 Å². The van der Waals surface area contributed by atoms with Gasteiger partial charge in [0, 0.05) is 5.56 Å². The second-order valence-corrected chi connectivity index (χ2v) is 6.18. The summed E-state index contributed by atoms with van der Waals surface area (Å²) in [6.45, 7) is 4.53. The maximum Gasteiger partial charge on any atom is 0.273 e. The van der Waals surface area contributed by atoms with Crippen molar-refractivity contribution in [2.24, 2.45) is 5.92 Å². The molecule has 0 unspecified atom stereocenters. The number of nitrogens with one attached hydrogen (secondary N) is 2. The van der Waals surface area contributed by atoms with E-state index in [1.54, 1.807) is 36.4 Å². The zero-order valence-corrected chi connectivity index (χ0v) is 15.9. The highest BCUT2D eigenvalue weighted by molar-refractivity contribution is 6.00. The van der Waals surface area contributed by atoms with E-state index in [0.717, 1.165) is 0 Å². The van der Waals surface area contributed by atoms with Gasteiger partial charge in [-0.1, -0.05) is 26.0 Å². The number of hydrogen-bond acceptors (Lipinski definition) is 5. The van der Waals surface area contributed by atoms with E-state index in [2.05, 4.69) is 10.9 Å². The van der Waals surface area contributed by atoms with Crippen LogP contribution in [-0.2, 0) is 0 Å². The van der Waals surface area contributed by atoms with E-state index in [9.17, 15) is 9.59 Å². The molecule has 0 heterocycles. The number of carbonyl (C=O) groups is 2. The van der Waals surface area contributed by atoms with Crippen molar-refractivity contribution < 1.29 is 23.8 Å². The van der Waals surface area contributed by atoms with Crippen LogP contribution in [0, 0.1) is 5.92 Å². The van der Waals surface area contributed by atoms with E-state index in [1.165, 1.54) is 20.3 Å². The maximum atomic E-state index is 12.4. The van der Waals surface area contributed by atoms with Crippen molar-refractivity contribution in [3.8, 4) is 17.2 Å². The van der Waals surface area contributed by atoms with Gasteiger partial charge >= 0.3 is 0 Å². The molecule has 0 radical (unpaired) electrons. The van der Waals surface area contributed by atoms with Gasteiger partial charge in [0.25, 0.3) is 11.8 Å². The number of amides is 2. The van der Waals surface area contributed by atoms with Crippen molar-refractivity contribution in [2.75, 3.05) is 20.8 Å². The van der Waals surface area contributed by atoms with E-state index in [4.69, 9.17) is 14.2 Å². The molecule has 0 fully saturated rings. The molecule has 0 aliphatic rings. The van der Waals surface area contributed by atoms with Crippen LogP contribution in [0.25, 0.3) is 0 Å². The zero-order chi connectivity index (χ0) is 19.8. The molecule has 0 aliphatic heterocycles. The summed E-state index contributed by atoms with van der Waals surface area (Å²) in [6, 6.07) is 11.6. The van der Waals surface area contributed by atoms with Crippen LogP contribution in [0.15, 0.2) is 42.5 Å². The second-order valence-electron chi connectivity index (χ2n) is 6.18. The number of hydrogen-bond donors (Lipinski definition) is 2. The Labute approximate surface area is 158 Å². The summed E-state index contributed by atoms with van der Waals surface area (Å²) < 4.78 is 16.0. The summed E-state index contributed by atoms with van der Waals surface area (Å²) in [4.78, 5) is 24.7. The third-order valence-corrected chi connectivity index (χ3v) is 3.64. The van der Waals surface area contributed by atoms with Gasteiger partial charge in [-0.3, -0.25) is 20.4 Å². The Bertz CT molecular complexity index is 805. The van der Waals surface area contributed by atoms with Crippen molar-refractivity contribution in [3.05, 3.63) is 53.6 Å². The lowest BCUT2D eigenvalue weighted by Crippen LogP contribution is -2.41. The Morgan fingerprint density at radius 2 is 1.56 bits per heavy atom. The van der Waals surface area contributed by atoms with E-state index in [-0.39, 0.29) is 0 Å². The fourth-order valence-corrected chi connectivity index (χ4v) is 2.27. The molecule has 2 aromatic rings. The van der Waals surface area contributed by atoms with Gasteiger partial charge < -0.3 is 14.2 Å². The molecule has 2 amide bonds. The summed E-state index contributed by atoms with van der Waals surface area (Å²) in [5.74, 6) is 0.765. The lowest BCUT2D eigenvalue weighted by atomic mass is 10.2. The van der Waals surface area contributed by atoms with E-state index in [0.29, 0.717) is 40.9 Å². The Morgan fingerprint density at radius 3 is 2.22 bits per heavy atom. The molecule has 7 heteroatoms. The summed E-state index contributed by atoms with van der Waals surface area (Å²) in [5, 5.41) is 0. The van der Waals surface area contributed by atoms with Crippen LogP contribution in [0.1, 0.15) is 34.6 Å². The largest absolute Gasteiger partial charge is 0.493 e. The van der Waals surface area contributed by atoms with Crippen LogP contribution in [0.2, 0.25) is 0 Å². The molecular formula is C20H24N2O5. The average Bonchev–Trinajstić information content (AvgIpc) is 2.69. The maximum absolute atomic E-state index is 12.4. The van der Waals surface area contributed by atoms with Crippen LogP contribution in [-0.4, -0.2) is 32.6 Å². The molecule has 0 spiro atoms. The molecule has 0 aliphatic carbocycles. The monoisotopic (exact) mass is 372 g/mol. The normalized spacial score (nSPS) is 10.3. The van der Waals surface area contributed by atoms with Gasteiger partial charge in [0.05, 0.1) is 26.4 Å². The molecule has 0 atom stereocenters. The summed E-state index contributed by atoms with van der Waals surface area (Å²) >= 11 is 0. The van der Waals surface area contributed by atoms with Crippen molar-refractivity contribution in [3.63, 3.8) is 0 Å². The molecule has 27 heavy (non-hydrogen) atoms. The molecule has 0 bridgehead atoms. The summed E-state index contributed by atoms with van der Waals surface area (Å²) in [7, 11) is 2.99. The van der Waals surface area contributed by atoms with Gasteiger partial charge in [0.15, 0.2) is 11.5 Å². The van der Waals surface area contributed by atoms with Crippen LogP contribution < -0.4 is 25.1 Å². The Balaban J connectivity index is 2.04. The highest BCUT2D eigenvalue weighted by atomic mass is 16.5. The quantitative estimate of drug-likeness (QED) is 0.730. The third-order valence-electron chi connectivity index (χ3n) is 3.64. The summed E-state index contributed by atoms with van der Waals surface area (Å²) in [5.41, 5.74) is 5.44. The minimum atomic E-state index is -0.482. The number of benzene rings is 2. The van der Waals surface area contributed by atoms with Crippen LogP contribution in [0.5, 0.6) is 17.2 Å². The topological polar surface area (TPSA) is 85.9 Å². The first-order valence-corrected chi connectivity index (χ1v) is 8.50. The third kappa shape index (κ3) is 5.37. The molecule has 0 saturated carbocycles. The van der Waals surface area contributed by atoms with Crippen LogP contribution in [0.3, 0.4) is 0 Å². The van der Waals surface area contributed by atoms with Crippen molar-refractivity contribution >= 4 is 11.8 Å². The Morgan fingerprint density at radius 1 is 0.889 bits per heavy atom. The first-order valence-electron chi connectivity index (χ1n) is 8.50. The second kappa shape index (κ2) is 9.47. The predicted molar refractivity (Wildman–Crippen MR) is 101 cm³/mol. The van der Waals surface area contributed by atoms with E-state index in [1.807, 2.05) is 13.8 Å². The van der Waals surface area contributed by atoms with Crippen molar-refractivity contribution in [1.29, 1.82) is 0 Å². The first kappa shape index (κ1) is 20.1. The zero-order valence-electron chi connectivity index (χ0n) is 15.9. The minimum Gasteiger partial charge on any atom is -0.493 e. The number of para-hydroxylation sites is 1. The molecule has 2 aromatic carbocycles. The number of ether oxygens (including phenoxy) is 3. The fraction of sp³-hybridized carbons (Fsp3) is 0.300. The van der Waals surface area contributed by atoms with Gasteiger partial charge in [0.2, 0.25) is 0 Å². The van der Waals surface area contributed by atoms with Gasteiger partial charge in [-0.05, 0) is 36.2 Å². The lowest BCUT2D eigenvalue weighted by molar-refractivity contribution is 0.0843. The number of carbonyl (C=O) groups excluding carboxylic acids is 2. The predicted octanol–water partition coefficient (Wildman–Crippen LogP) is 2.81. The van der Waals surface area contributed by atoms with Gasteiger partial charge in [-0.15, -0.1) is 0 Å². The Kier molecular flexibility index (Phi) is 7.05. The van der Waals surface area contributed by atoms with Gasteiger partial charge in [-0.2, -0.15) is 0 Å². The molecular weight excluding hydrogens is 348 g/mol. The van der Waals surface area contributed by atoms with Crippen LogP contribution >= 0.6 is 0 Å². The molecule has 2 rings (SSSR count). The molecule has 2 N–H and O–H groups in total. The molecule has 7 nitrogen and oxygen atoms in total. The SMILES string of the molecule is COc1ccc(C(=O)NNC(=O)c2ccccc2OCC(C)C)cc1OC.